The Kier molecular flexibility index (Phi) is 6.08. The molecule has 1 aliphatic heterocycles. The van der Waals surface area contributed by atoms with E-state index >= 15 is 0 Å². The van der Waals surface area contributed by atoms with Gasteiger partial charge in [-0.25, -0.2) is 13.1 Å². The number of nitrogens with one attached hydrogen (secondary N) is 1. The molecule has 1 fully saturated rings. The SMILES string of the molecule is NCC1CCN(C(=O)c2ccc(S(=O)(=O)NCc3cccs3)cc2)CC1. The average molecular weight is 394 g/mol. The van der Waals surface area contributed by atoms with Crippen LogP contribution in [0.3, 0.4) is 0 Å². The first-order valence-corrected chi connectivity index (χ1v) is 11.0. The van der Waals surface area contributed by atoms with Crippen LogP contribution in [-0.4, -0.2) is 38.9 Å². The van der Waals surface area contributed by atoms with Gasteiger partial charge in [0.25, 0.3) is 5.91 Å². The lowest BCUT2D eigenvalue weighted by atomic mass is 9.96. The number of rotatable bonds is 6. The lowest BCUT2D eigenvalue weighted by Crippen LogP contribution is -2.40. The van der Waals surface area contributed by atoms with E-state index in [1.807, 2.05) is 22.4 Å². The Balaban J connectivity index is 1.63. The first-order valence-electron chi connectivity index (χ1n) is 8.61. The molecular weight excluding hydrogens is 370 g/mol. The third-order valence-electron chi connectivity index (χ3n) is 4.66. The van der Waals surface area contributed by atoms with E-state index in [1.54, 1.807) is 12.1 Å². The van der Waals surface area contributed by atoms with Gasteiger partial charge < -0.3 is 10.6 Å². The third-order valence-corrected chi connectivity index (χ3v) is 6.96. The highest BCUT2D eigenvalue weighted by molar-refractivity contribution is 7.89. The van der Waals surface area contributed by atoms with Gasteiger partial charge in [-0.1, -0.05) is 6.07 Å². The number of benzene rings is 1. The van der Waals surface area contributed by atoms with Crippen molar-refractivity contribution in [1.82, 2.24) is 9.62 Å². The van der Waals surface area contributed by atoms with Gasteiger partial charge in [0.2, 0.25) is 10.0 Å². The molecule has 0 spiro atoms. The number of piperidine rings is 1. The molecule has 1 aromatic heterocycles. The molecule has 1 aromatic carbocycles. The normalized spacial score (nSPS) is 16.0. The summed E-state index contributed by atoms with van der Waals surface area (Å²) >= 11 is 1.50. The number of thiophene rings is 1. The minimum Gasteiger partial charge on any atom is -0.339 e. The predicted molar refractivity (Wildman–Crippen MR) is 102 cm³/mol. The molecule has 6 nitrogen and oxygen atoms in total. The largest absolute Gasteiger partial charge is 0.339 e. The van der Waals surface area contributed by atoms with Crippen molar-refractivity contribution < 1.29 is 13.2 Å². The minimum atomic E-state index is -3.60. The lowest BCUT2D eigenvalue weighted by Gasteiger charge is -2.31. The van der Waals surface area contributed by atoms with E-state index in [1.165, 1.54) is 23.5 Å². The second kappa shape index (κ2) is 8.30. The van der Waals surface area contributed by atoms with Gasteiger partial charge in [-0.3, -0.25) is 4.79 Å². The van der Waals surface area contributed by atoms with Crippen molar-refractivity contribution in [3.05, 3.63) is 52.2 Å². The van der Waals surface area contributed by atoms with E-state index in [2.05, 4.69) is 4.72 Å². The number of amides is 1. The van der Waals surface area contributed by atoms with E-state index in [9.17, 15) is 13.2 Å². The summed E-state index contributed by atoms with van der Waals surface area (Å²) in [6.45, 7) is 2.32. The Morgan fingerprint density at radius 1 is 1.19 bits per heavy atom. The zero-order chi connectivity index (χ0) is 18.6. The van der Waals surface area contributed by atoms with Crippen molar-refractivity contribution >= 4 is 27.3 Å². The van der Waals surface area contributed by atoms with Gasteiger partial charge in [-0.2, -0.15) is 0 Å². The fourth-order valence-corrected chi connectivity index (χ4v) is 4.74. The van der Waals surface area contributed by atoms with E-state index < -0.39 is 10.0 Å². The summed E-state index contributed by atoms with van der Waals surface area (Å²) in [6, 6.07) is 9.88. The summed E-state index contributed by atoms with van der Waals surface area (Å²) in [6.07, 6.45) is 1.84. The van der Waals surface area contributed by atoms with Crippen molar-refractivity contribution in [2.45, 2.75) is 24.3 Å². The van der Waals surface area contributed by atoms with E-state index in [4.69, 9.17) is 5.73 Å². The monoisotopic (exact) mass is 393 g/mol. The molecule has 140 valence electrons. The molecule has 0 unspecified atom stereocenters. The van der Waals surface area contributed by atoms with Crippen LogP contribution in [0, 0.1) is 5.92 Å². The molecule has 1 aliphatic rings. The smallest absolute Gasteiger partial charge is 0.253 e. The zero-order valence-electron chi connectivity index (χ0n) is 14.4. The molecule has 8 heteroatoms. The van der Waals surface area contributed by atoms with Crippen LogP contribution in [0.25, 0.3) is 0 Å². The summed E-state index contributed by atoms with van der Waals surface area (Å²) in [5, 5.41) is 1.90. The Labute approximate surface area is 158 Å². The standard InChI is InChI=1S/C18H23N3O3S2/c19-12-14-7-9-21(10-8-14)18(22)15-3-5-17(6-4-15)26(23,24)20-13-16-2-1-11-25-16/h1-6,11,14,20H,7-10,12-13,19H2. The van der Waals surface area contributed by atoms with E-state index in [-0.39, 0.29) is 17.3 Å². The first kappa shape index (κ1) is 19.0. The Bertz CT molecular complexity index is 825. The number of hydrogen-bond acceptors (Lipinski definition) is 5. The van der Waals surface area contributed by atoms with Gasteiger partial charge in [-0.05, 0) is 61.0 Å². The molecule has 0 aliphatic carbocycles. The van der Waals surface area contributed by atoms with Crippen LogP contribution in [0.1, 0.15) is 28.1 Å². The quantitative estimate of drug-likeness (QED) is 0.785. The summed E-state index contributed by atoms with van der Waals surface area (Å²) in [5.41, 5.74) is 6.19. The molecule has 0 atom stereocenters. The van der Waals surface area contributed by atoms with Crippen molar-refractivity contribution in [1.29, 1.82) is 0 Å². The number of carbonyl (C=O) groups is 1. The number of hydrogen-bond donors (Lipinski definition) is 2. The van der Waals surface area contributed by atoms with Crippen LogP contribution in [-0.2, 0) is 16.6 Å². The Hall–Kier alpha value is -1.74. The van der Waals surface area contributed by atoms with Crippen molar-refractivity contribution in [3.63, 3.8) is 0 Å². The lowest BCUT2D eigenvalue weighted by molar-refractivity contribution is 0.0693. The second-order valence-corrected chi connectivity index (χ2v) is 9.20. The minimum absolute atomic E-state index is 0.0593. The number of sulfonamides is 1. The van der Waals surface area contributed by atoms with Gasteiger partial charge >= 0.3 is 0 Å². The van der Waals surface area contributed by atoms with Gasteiger partial charge in [-0.15, -0.1) is 11.3 Å². The zero-order valence-corrected chi connectivity index (χ0v) is 16.1. The molecule has 0 bridgehead atoms. The van der Waals surface area contributed by atoms with Crippen LogP contribution in [0.5, 0.6) is 0 Å². The van der Waals surface area contributed by atoms with Gasteiger partial charge in [0.05, 0.1) is 4.90 Å². The fourth-order valence-electron chi connectivity index (χ4n) is 2.99. The third kappa shape index (κ3) is 4.50. The molecule has 1 saturated heterocycles. The molecule has 3 N–H and O–H groups in total. The van der Waals surface area contributed by atoms with Gasteiger partial charge in [0.1, 0.15) is 0 Å². The highest BCUT2D eigenvalue weighted by atomic mass is 32.2. The van der Waals surface area contributed by atoms with Gasteiger partial charge in [0, 0.05) is 30.1 Å². The van der Waals surface area contributed by atoms with E-state index in [0.29, 0.717) is 31.1 Å². The van der Waals surface area contributed by atoms with Crippen molar-refractivity contribution in [2.75, 3.05) is 19.6 Å². The number of likely N-dealkylation sites (tertiary alicyclic amines) is 1. The molecule has 0 radical (unpaired) electrons. The first-order chi connectivity index (χ1) is 12.5. The summed E-state index contributed by atoms with van der Waals surface area (Å²) in [5.74, 6) is 0.428. The molecular formula is C18H23N3O3S2. The molecule has 26 heavy (non-hydrogen) atoms. The van der Waals surface area contributed by atoms with Crippen LogP contribution in [0.2, 0.25) is 0 Å². The molecule has 2 aromatic rings. The molecule has 1 amide bonds. The Morgan fingerprint density at radius 2 is 1.88 bits per heavy atom. The molecule has 0 saturated carbocycles. The highest BCUT2D eigenvalue weighted by Gasteiger charge is 2.23. The number of nitrogens with zero attached hydrogens (tertiary/aromatic N) is 1. The molecule has 2 heterocycles. The predicted octanol–water partition coefficient (Wildman–Crippen LogP) is 2.04. The maximum absolute atomic E-state index is 12.6. The van der Waals surface area contributed by atoms with Crippen LogP contribution < -0.4 is 10.5 Å². The van der Waals surface area contributed by atoms with Crippen LogP contribution >= 0.6 is 11.3 Å². The average Bonchev–Trinajstić information content (AvgIpc) is 3.20. The molecule has 3 rings (SSSR count). The number of carbonyl (C=O) groups excluding carboxylic acids is 1. The van der Waals surface area contributed by atoms with E-state index in [0.717, 1.165) is 17.7 Å². The van der Waals surface area contributed by atoms with Crippen molar-refractivity contribution in [2.24, 2.45) is 11.7 Å². The van der Waals surface area contributed by atoms with Crippen molar-refractivity contribution in [3.8, 4) is 0 Å². The number of nitrogens with two attached hydrogens (primary N) is 1. The Morgan fingerprint density at radius 3 is 2.46 bits per heavy atom. The van der Waals surface area contributed by atoms with Crippen LogP contribution in [0.4, 0.5) is 0 Å². The maximum atomic E-state index is 12.6. The summed E-state index contributed by atoms with van der Waals surface area (Å²) in [4.78, 5) is 15.5. The highest BCUT2D eigenvalue weighted by Crippen LogP contribution is 2.19. The second-order valence-electron chi connectivity index (χ2n) is 6.40. The summed E-state index contributed by atoms with van der Waals surface area (Å²) < 4.78 is 27.3. The maximum Gasteiger partial charge on any atom is 0.253 e. The van der Waals surface area contributed by atoms with Crippen LogP contribution in [0.15, 0.2) is 46.7 Å². The van der Waals surface area contributed by atoms with Gasteiger partial charge in [0.15, 0.2) is 0 Å². The fraction of sp³-hybridized carbons (Fsp3) is 0.389. The summed E-state index contributed by atoms with van der Waals surface area (Å²) in [7, 11) is -3.60. The topological polar surface area (TPSA) is 92.5 Å².